The van der Waals surface area contributed by atoms with E-state index in [9.17, 15) is 14.0 Å². The summed E-state index contributed by atoms with van der Waals surface area (Å²) >= 11 is 0. The standard InChI is InChI=1S/C15H16FN3O2/c1-15(2,3)18-13(20)12-8-17-9-19(14(12)21)11-6-4-10(16)5-7-11/h4-9H,1-3H3,(H,18,20). The van der Waals surface area contributed by atoms with Gasteiger partial charge in [-0.05, 0) is 45.0 Å². The van der Waals surface area contributed by atoms with Gasteiger partial charge >= 0.3 is 0 Å². The molecule has 0 bridgehead atoms. The van der Waals surface area contributed by atoms with E-state index >= 15 is 0 Å². The Labute approximate surface area is 121 Å². The average Bonchev–Trinajstić information content (AvgIpc) is 2.38. The smallest absolute Gasteiger partial charge is 0.270 e. The lowest BCUT2D eigenvalue weighted by Gasteiger charge is -2.20. The fourth-order valence-electron chi connectivity index (χ4n) is 1.76. The topological polar surface area (TPSA) is 64.0 Å². The molecular weight excluding hydrogens is 273 g/mol. The molecule has 0 aliphatic carbocycles. The first-order valence-corrected chi connectivity index (χ1v) is 6.43. The van der Waals surface area contributed by atoms with E-state index in [1.54, 1.807) is 0 Å². The molecule has 110 valence electrons. The highest BCUT2D eigenvalue weighted by Crippen LogP contribution is 2.07. The van der Waals surface area contributed by atoms with Gasteiger partial charge in [0.05, 0.1) is 5.69 Å². The van der Waals surface area contributed by atoms with Crippen LogP contribution in [0.15, 0.2) is 41.6 Å². The van der Waals surface area contributed by atoms with Gasteiger partial charge in [0, 0.05) is 11.7 Å². The molecule has 1 aromatic carbocycles. The molecular formula is C15H16FN3O2. The maximum Gasteiger partial charge on any atom is 0.270 e. The second-order valence-corrected chi connectivity index (χ2v) is 5.66. The van der Waals surface area contributed by atoms with Crippen LogP contribution < -0.4 is 10.9 Å². The van der Waals surface area contributed by atoms with Crippen LogP contribution in [0.1, 0.15) is 31.1 Å². The van der Waals surface area contributed by atoms with Gasteiger partial charge < -0.3 is 5.32 Å². The Morgan fingerprint density at radius 3 is 2.43 bits per heavy atom. The van der Waals surface area contributed by atoms with Crippen LogP contribution in [-0.4, -0.2) is 21.0 Å². The molecule has 2 aromatic rings. The number of rotatable bonds is 2. The number of hydrogen-bond donors (Lipinski definition) is 1. The molecule has 21 heavy (non-hydrogen) atoms. The number of carbonyl (C=O) groups is 1. The predicted molar refractivity (Wildman–Crippen MR) is 77.0 cm³/mol. The Bertz CT molecular complexity index is 715. The predicted octanol–water partition coefficient (Wildman–Crippen LogP) is 1.90. The summed E-state index contributed by atoms with van der Waals surface area (Å²) in [5, 5.41) is 2.71. The van der Waals surface area contributed by atoms with Crippen molar-refractivity contribution in [3.05, 3.63) is 58.5 Å². The molecule has 1 heterocycles. The molecule has 0 fully saturated rings. The number of nitrogens with zero attached hydrogens (tertiary/aromatic N) is 2. The van der Waals surface area contributed by atoms with Crippen molar-refractivity contribution in [3.63, 3.8) is 0 Å². The van der Waals surface area contributed by atoms with E-state index in [4.69, 9.17) is 0 Å². The van der Waals surface area contributed by atoms with Crippen LogP contribution in [0.5, 0.6) is 0 Å². The van der Waals surface area contributed by atoms with Crippen molar-refractivity contribution < 1.29 is 9.18 Å². The third-order valence-corrected chi connectivity index (χ3v) is 2.67. The van der Waals surface area contributed by atoms with Crippen LogP contribution in [-0.2, 0) is 0 Å². The van der Waals surface area contributed by atoms with Crippen LogP contribution in [0, 0.1) is 5.82 Å². The summed E-state index contributed by atoms with van der Waals surface area (Å²) in [5.41, 5.74) is -0.575. The first-order valence-electron chi connectivity index (χ1n) is 6.43. The summed E-state index contributed by atoms with van der Waals surface area (Å²) in [6.07, 6.45) is 2.52. The molecule has 2 rings (SSSR count). The number of hydrogen-bond acceptors (Lipinski definition) is 3. The summed E-state index contributed by atoms with van der Waals surface area (Å²) < 4.78 is 14.1. The van der Waals surface area contributed by atoms with Crippen molar-refractivity contribution in [2.24, 2.45) is 0 Å². The minimum Gasteiger partial charge on any atom is -0.347 e. The summed E-state index contributed by atoms with van der Waals surface area (Å²) in [6, 6.07) is 5.38. The summed E-state index contributed by atoms with van der Waals surface area (Å²) in [4.78, 5) is 28.3. The van der Waals surface area contributed by atoms with Crippen molar-refractivity contribution in [3.8, 4) is 5.69 Å². The first kappa shape index (κ1) is 14.9. The number of halogens is 1. The summed E-state index contributed by atoms with van der Waals surface area (Å²) in [6.45, 7) is 5.46. The third-order valence-electron chi connectivity index (χ3n) is 2.67. The van der Waals surface area contributed by atoms with Crippen molar-refractivity contribution in [1.29, 1.82) is 0 Å². The highest BCUT2D eigenvalue weighted by molar-refractivity contribution is 5.94. The van der Waals surface area contributed by atoms with Crippen LogP contribution in [0.2, 0.25) is 0 Å². The first-order chi connectivity index (χ1) is 9.78. The maximum absolute atomic E-state index is 12.9. The second-order valence-electron chi connectivity index (χ2n) is 5.66. The van der Waals surface area contributed by atoms with E-state index in [0.29, 0.717) is 5.69 Å². The molecule has 0 saturated carbocycles. The minimum absolute atomic E-state index is 0.0586. The van der Waals surface area contributed by atoms with Crippen LogP contribution in [0.25, 0.3) is 5.69 Å². The highest BCUT2D eigenvalue weighted by atomic mass is 19.1. The second kappa shape index (κ2) is 5.47. The third kappa shape index (κ3) is 3.53. The largest absolute Gasteiger partial charge is 0.347 e. The molecule has 1 N–H and O–H groups in total. The molecule has 1 amide bonds. The van der Waals surface area contributed by atoms with Crippen LogP contribution >= 0.6 is 0 Å². The lowest BCUT2D eigenvalue weighted by molar-refractivity contribution is 0.0917. The number of nitrogens with one attached hydrogen (secondary N) is 1. The van der Waals surface area contributed by atoms with E-state index in [0.717, 1.165) is 0 Å². The van der Waals surface area contributed by atoms with Gasteiger partial charge in [0.2, 0.25) is 0 Å². The molecule has 0 saturated heterocycles. The van der Waals surface area contributed by atoms with Gasteiger partial charge in [-0.2, -0.15) is 0 Å². The average molecular weight is 289 g/mol. The van der Waals surface area contributed by atoms with Crippen molar-refractivity contribution in [1.82, 2.24) is 14.9 Å². The minimum atomic E-state index is -0.502. The van der Waals surface area contributed by atoms with Crippen LogP contribution in [0.3, 0.4) is 0 Å². The zero-order chi connectivity index (χ0) is 15.6. The van der Waals surface area contributed by atoms with Gasteiger partial charge in [0.1, 0.15) is 17.7 Å². The van der Waals surface area contributed by atoms with Crippen molar-refractivity contribution >= 4 is 5.91 Å². The Morgan fingerprint density at radius 2 is 1.86 bits per heavy atom. The number of carbonyl (C=O) groups excluding carboxylic acids is 1. The molecule has 5 nitrogen and oxygen atoms in total. The molecule has 0 aliphatic rings. The maximum atomic E-state index is 12.9. The van der Waals surface area contributed by atoms with Crippen molar-refractivity contribution in [2.45, 2.75) is 26.3 Å². The van der Waals surface area contributed by atoms with E-state index in [1.165, 1.54) is 41.4 Å². The van der Waals surface area contributed by atoms with E-state index in [1.807, 2.05) is 20.8 Å². The Balaban J connectivity index is 2.43. The molecule has 6 heteroatoms. The zero-order valence-corrected chi connectivity index (χ0v) is 12.1. The fourth-order valence-corrected chi connectivity index (χ4v) is 1.76. The summed E-state index contributed by atoms with van der Waals surface area (Å²) in [7, 11) is 0. The highest BCUT2D eigenvalue weighted by Gasteiger charge is 2.19. The molecule has 0 atom stereocenters. The van der Waals surface area contributed by atoms with Crippen LogP contribution in [0.4, 0.5) is 4.39 Å². The lowest BCUT2D eigenvalue weighted by Crippen LogP contribution is -2.43. The van der Waals surface area contributed by atoms with Gasteiger partial charge in [0.15, 0.2) is 0 Å². The van der Waals surface area contributed by atoms with Gasteiger partial charge in [-0.15, -0.1) is 0 Å². The Kier molecular flexibility index (Phi) is 3.88. The van der Waals surface area contributed by atoms with Gasteiger partial charge in [-0.3, -0.25) is 14.2 Å². The molecule has 1 aromatic heterocycles. The van der Waals surface area contributed by atoms with E-state index < -0.39 is 22.8 Å². The van der Waals surface area contributed by atoms with Gasteiger partial charge in [-0.1, -0.05) is 0 Å². The zero-order valence-electron chi connectivity index (χ0n) is 12.1. The quantitative estimate of drug-likeness (QED) is 0.918. The molecule has 0 aliphatic heterocycles. The fraction of sp³-hybridized carbons (Fsp3) is 0.267. The molecule has 0 radical (unpaired) electrons. The summed E-state index contributed by atoms with van der Waals surface area (Å²) in [5.74, 6) is -0.891. The van der Waals surface area contributed by atoms with E-state index in [-0.39, 0.29) is 5.56 Å². The SMILES string of the molecule is CC(C)(C)NC(=O)c1cncn(-c2ccc(F)cc2)c1=O. The van der Waals surface area contributed by atoms with E-state index in [2.05, 4.69) is 10.3 Å². The number of amides is 1. The van der Waals surface area contributed by atoms with Crippen molar-refractivity contribution in [2.75, 3.05) is 0 Å². The Hall–Kier alpha value is -2.50. The number of benzene rings is 1. The monoisotopic (exact) mass is 289 g/mol. The van der Waals surface area contributed by atoms with Gasteiger partial charge in [-0.25, -0.2) is 9.37 Å². The normalized spacial score (nSPS) is 11.2. The molecule has 0 spiro atoms. The Morgan fingerprint density at radius 1 is 1.24 bits per heavy atom. The number of aromatic nitrogens is 2. The molecule has 0 unspecified atom stereocenters. The van der Waals surface area contributed by atoms with Gasteiger partial charge in [0.25, 0.3) is 11.5 Å². The lowest BCUT2D eigenvalue weighted by atomic mass is 10.1.